The average molecular weight is 300 g/mol. The summed E-state index contributed by atoms with van der Waals surface area (Å²) in [6, 6.07) is 6.44. The fourth-order valence-corrected chi connectivity index (χ4v) is 2.33. The molecule has 0 unspecified atom stereocenters. The van der Waals surface area contributed by atoms with E-state index in [9.17, 15) is 14.4 Å². The molecule has 0 amide bonds. The molecule has 0 aromatic heterocycles. The van der Waals surface area contributed by atoms with Crippen LogP contribution in [0.25, 0.3) is 10.8 Å². The summed E-state index contributed by atoms with van der Waals surface area (Å²) >= 11 is 0. The van der Waals surface area contributed by atoms with Crippen LogP contribution in [0.2, 0.25) is 0 Å². The van der Waals surface area contributed by atoms with Crippen molar-refractivity contribution in [3.05, 3.63) is 46.5 Å². The number of carbonyl (C=O) groups excluding carboxylic acids is 4. The predicted octanol–water partition coefficient (Wildman–Crippen LogP) is 2.06. The van der Waals surface area contributed by atoms with Crippen LogP contribution in [0.3, 0.4) is 0 Å². The maximum Gasteiger partial charge on any atom is 0.346 e. The third-order valence-electron chi connectivity index (χ3n) is 3.25. The quantitative estimate of drug-likeness (QED) is 0.479. The SMILES string of the molecule is COC=O.Cc1ccc2c3c(ccc(C=O)c13)C(=O)OC2=O. The number of methoxy groups -OCH3 is 1. The van der Waals surface area contributed by atoms with Gasteiger partial charge in [-0.2, -0.15) is 0 Å². The van der Waals surface area contributed by atoms with Crippen molar-refractivity contribution in [3.8, 4) is 0 Å². The second-order valence-corrected chi connectivity index (χ2v) is 4.51. The predicted molar refractivity (Wildman–Crippen MR) is 76.9 cm³/mol. The van der Waals surface area contributed by atoms with E-state index in [-0.39, 0.29) is 0 Å². The standard InChI is InChI=1S/C14H8O4.C2H4O2/c1-7-2-4-9-12-10(14(17)18-13(9)16)5-3-8(6-15)11(7)12;1-4-2-3/h2-6H,1H3;2H,1H3. The number of hydrogen-bond acceptors (Lipinski definition) is 6. The van der Waals surface area contributed by atoms with E-state index in [4.69, 9.17) is 4.79 Å². The first-order valence-electron chi connectivity index (χ1n) is 6.29. The van der Waals surface area contributed by atoms with Crippen molar-refractivity contribution in [1.82, 2.24) is 0 Å². The van der Waals surface area contributed by atoms with Gasteiger partial charge in [-0.25, -0.2) is 9.59 Å². The van der Waals surface area contributed by atoms with E-state index in [1.165, 1.54) is 13.2 Å². The zero-order valence-electron chi connectivity index (χ0n) is 11.9. The van der Waals surface area contributed by atoms with Crippen LogP contribution in [0.15, 0.2) is 24.3 Å². The molecule has 6 nitrogen and oxygen atoms in total. The van der Waals surface area contributed by atoms with Crippen LogP contribution in [0.4, 0.5) is 0 Å². The molecule has 0 saturated carbocycles. The maximum absolute atomic E-state index is 11.7. The molecule has 1 aliphatic rings. The van der Waals surface area contributed by atoms with Crippen LogP contribution < -0.4 is 0 Å². The molecule has 2 aromatic rings. The number of cyclic esters (lactones) is 2. The highest BCUT2D eigenvalue weighted by atomic mass is 16.6. The molecule has 1 heterocycles. The van der Waals surface area contributed by atoms with Gasteiger partial charge in [0.2, 0.25) is 0 Å². The molecule has 3 rings (SSSR count). The smallest absolute Gasteiger partial charge is 0.346 e. The number of esters is 2. The van der Waals surface area contributed by atoms with E-state index in [0.29, 0.717) is 33.9 Å². The lowest BCUT2D eigenvalue weighted by Crippen LogP contribution is -2.20. The average Bonchev–Trinajstić information content (AvgIpc) is 2.53. The first-order chi connectivity index (χ1) is 10.5. The lowest BCUT2D eigenvalue weighted by atomic mass is 9.91. The highest BCUT2D eigenvalue weighted by Crippen LogP contribution is 2.32. The highest BCUT2D eigenvalue weighted by Gasteiger charge is 2.28. The van der Waals surface area contributed by atoms with Crippen molar-refractivity contribution in [2.75, 3.05) is 7.11 Å². The fourth-order valence-electron chi connectivity index (χ4n) is 2.33. The Morgan fingerprint density at radius 2 is 1.50 bits per heavy atom. The van der Waals surface area contributed by atoms with E-state index in [2.05, 4.69) is 9.47 Å². The molecule has 0 saturated heterocycles. The van der Waals surface area contributed by atoms with Gasteiger partial charge in [-0.3, -0.25) is 9.59 Å². The van der Waals surface area contributed by atoms with Gasteiger partial charge < -0.3 is 9.47 Å². The molecular weight excluding hydrogens is 288 g/mol. The molecule has 22 heavy (non-hydrogen) atoms. The van der Waals surface area contributed by atoms with Gasteiger partial charge in [0.15, 0.2) is 6.29 Å². The van der Waals surface area contributed by atoms with Crippen LogP contribution in [-0.4, -0.2) is 31.8 Å². The number of ether oxygens (including phenoxy) is 2. The van der Waals surface area contributed by atoms with Gasteiger partial charge in [0.25, 0.3) is 6.47 Å². The Bertz CT molecular complexity index is 771. The van der Waals surface area contributed by atoms with Crippen LogP contribution >= 0.6 is 0 Å². The van der Waals surface area contributed by atoms with Crippen LogP contribution in [-0.2, 0) is 14.3 Å². The lowest BCUT2D eigenvalue weighted by Gasteiger charge is -2.17. The van der Waals surface area contributed by atoms with Crippen molar-refractivity contribution in [2.45, 2.75) is 6.92 Å². The van der Waals surface area contributed by atoms with Gasteiger partial charge in [-0.1, -0.05) is 12.1 Å². The summed E-state index contributed by atoms with van der Waals surface area (Å²) < 4.78 is 8.51. The summed E-state index contributed by atoms with van der Waals surface area (Å²) in [6.45, 7) is 2.21. The molecule has 0 N–H and O–H groups in total. The molecule has 0 fully saturated rings. The molecule has 0 radical (unpaired) electrons. The molecule has 0 atom stereocenters. The lowest BCUT2D eigenvalue weighted by molar-refractivity contribution is -0.126. The Morgan fingerprint density at radius 3 is 2.00 bits per heavy atom. The molecular formula is C16H12O6. The minimum absolute atomic E-state index is 0.328. The van der Waals surface area contributed by atoms with Gasteiger partial charge in [0.05, 0.1) is 18.2 Å². The number of aryl methyl sites for hydroxylation is 1. The van der Waals surface area contributed by atoms with Gasteiger partial charge in [-0.05, 0) is 30.0 Å². The Kier molecular flexibility index (Phi) is 4.31. The number of aldehydes is 1. The topological polar surface area (TPSA) is 86.7 Å². The van der Waals surface area contributed by atoms with Crippen LogP contribution in [0, 0.1) is 6.92 Å². The van der Waals surface area contributed by atoms with E-state index < -0.39 is 11.9 Å². The van der Waals surface area contributed by atoms with E-state index in [1.807, 2.05) is 6.92 Å². The number of hydrogen-bond donors (Lipinski definition) is 0. The van der Waals surface area contributed by atoms with Crippen LogP contribution in [0.1, 0.15) is 36.6 Å². The number of carbonyl (C=O) groups is 4. The minimum atomic E-state index is -0.666. The first kappa shape index (κ1) is 15.4. The Labute approximate surface area is 125 Å². The van der Waals surface area contributed by atoms with Gasteiger partial charge in [-0.15, -0.1) is 0 Å². The van der Waals surface area contributed by atoms with Crippen molar-refractivity contribution < 1.29 is 28.7 Å². The largest absolute Gasteiger partial charge is 0.471 e. The molecule has 1 aliphatic heterocycles. The Balaban J connectivity index is 0.000000396. The van der Waals surface area contributed by atoms with Gasteiger partial charge >= 0.3 is 11.9 Å². The van der Waals surface area contributed by atoms with E-state index >= 15 is 0 Å². The molecule has 0 bridgehead atoms. The molecule has 2 aromatic carbocycles. The molecule has 6 heteroatoms. The van der Waals surface area contributed by atoms with Crippen LogP contribution in [0.5, 0.6) is 0 Å². The van der Waals surface area contributed by atoms with Crippen molar-refractivity contribution >= 4 is 35.5 Å². The maximum atomic E-state index is 11.7. The summed E-state index contributed by atoms with van der Waals surface area (Å²) in [6.07, 6.45) is 0.723. The Hall–Kier alpha value is -3.02. The number of benzene rings is 2. The first-order valence-corrected chi connectivity index (χ1v) is 6.29. The zero-order valence-corrected chi connectivity index (χ0v) is 11.9. The minimum Gasteiger partial charge on any atom is -0.471 e. The normalized spacial score (nSPS) is 12.1. The third kappa shape index (κ3) is 2.46. The second kappa shape index (κ2) is 6.17. The summed E-state index contributed by atoms with van der Waals surface area (Å²) in [4.78, 5) is 43.3. The summed E-state index contributed by atoms with van der Waals surface area (Å²) in [5, 5.41) is 1.16. The molecule has 0 aliphatic carbocycles. The molecule has 112 valence electrons. The summed E-state index contributed by atoms with van der Waals surface area (Å²) in [5.41, 5.74) is 1.97. The van der Waals surface area contributed by atoms with Gasteiger partial charge in [0.1, 0.15) is 0 Å². The van der Waals surface area contributed by atoms with E-state index in [1.54, 1.807) is 18.2 Å². The van der Waals surface area contributed by atoms with Crippen molar-refractivity contribution in [3.63, 3.8) is 0 Å². The summed E-state index contributed by atoms with van der Waals surface area (Å²) in [5.74, 6) is -1.33. The fraction of sp³-hybridized carbons (Fsp3) is 0.125. The monoisotopic (exact) mass is 300 g/mol. The Morgan fingerprint density at radius 1 is 0.955 bits per heavy atom. The zero-order chi connectivity index (χ0) is 16.3. The number of rotatable bonds is 2. The second-order valence-electron chi connectivity index (χ2n) is 4.51. The third-order valence-corrected chi connectivity index (χ3v) is 3.25. The van der Waals surface area contributed by atoms with E-state index in [0.717, 1.165) is 11.8 Å². The van der Waals surface area contributed by atoms with Crippen molar-refractivity contribution in [1.29, 1.82) is 0 Å². The molecule has 0 spiro atoms. The highest BCUT2D eigenvalue weighted by molar-refractivity contribution is 6.23. The summed E-state index contributed by atoms with van der Waals surface area (Å²) in [7, 11) is 1.31. The van der Waals surface area contributed by atoms with Gasteiger partial charge in [0, 0.05) is 10.9 Å². The van der Waals surface area contributed by atoms with Crippen molar-refractivity contribution in [2.24, 2.45) is 0 Å².